The summed E-state index contributed by atoms with van der Waals surface area (Å²) in [7, 11) is 0. The summed E-state index contributed by atoms with van der Waals surface area (Å²) in [6.07, 6.45) is 2.43. The molecule has 2 unspecified atom stereocenters. The van der Waals surface area contributed by atoms with Gasteiger partial charge in [0, 0.05) is 18.5 Å². The topological polar surface area (TPSA) is 131 Å². The Balaban J connectivity index is 3.69. The number of rotatable bonds is 14. The second-order valence-electron chi connectivity index (χ2n) is 11.8. The normalized spacial score (nSPS) is 13.3. The van der Waals surface area contributed by atoms with Crippen molar-refractivity contribution < 1.29 is 23.9 Å². The third-order valence-corrected chi connectivity index (χ3v) is 6.82. The van der Waals surface area contributed by atoms with Crippen LogP contribution in [0.15, 0.2) is 18.2 Å². The zero-order valence-corrected chi connectivity index (χ0v) is 25.4. The smallest absolute Gasteiger partial charge is 0.408 e. The van der Waals surface area contributed by atoms with Gasteiger partial charge in [-0.3, -0.25) is 14.4 Å². The number of carbonyl (C=O) groups is 4. The number of benzene rings is 1. The van der Waals surface area contributed by atoms with Crippen molar-refractivity contribution in [1.82, 2.24) is 15.5 Å². The van der Waals surface area contributed by atoms with Crippen LogP contribution in [0.5, 0.6) is 0 Å². The van der Waals surface area contributed by atoms with Gasteiger partial charge in [-0.05, 0) is 84.4 Å². The molecule has 0 fully saturated rings. The van der Waals surface area contributed by atoms with E-state index in [0.717, 1.165) is 36.0 Å². The molecular formula is C30H50N4O5. The van der Waals surface area contributed by atoms with Crippen LogP contribution in [0, 0.1) is 13.8 Å². The molecule has 0 radical (unpaired) electrons. The van der Waals surface area contributed by atoms with Crippen LogP contribution in [-0.4, -0.2) is 52.4 Å². The summed E-state index contributed by atoms with van der Waals surface area (Å²) in [4.78, 5) is 54.3. The van der Waals surface area contributed by atoms with Crippen LogP contribution in [0.4, 0.5) is 4.79 Å². The Morgan fingerprint density at radius 2 is 1.59 bits per heavy atom. The van der Waals surface area contributed by atoms with Gasteiger partial charge < -0.3 is 26.0 Å². The van der Waals surface area contributed by atoms with E-state index in [9.17, 15) is 19.2 Å². The highest BCUT2D eigenvalue weighted by Gasteiger charge is 2.44. The van der Waals surface area contributed by atoms with Crippen molar-refractivity contribution in [1.29, 1.82) is 0 Å². The predicted molar refractivity (Wildman–Crippen MR) is 154 cm³/mol. The number of hydrogen-bond acceptors (Lipinski definition) is 5. The first-order chi connectivity index (χ1) is 18.1. The molecule has 0 aromatic heterocycles. The van der Waals surface area contributed by atoms with Crippen molar-refractivity contribution in [2.45, 2.75) is 124 Å². The fraction of sp³-hybridized carbons (Fsp3) is 0.667. The fourth-order valence-corrected chi connectivity index (χ4v) is 4.43. The summed E-state index contributed by atoms with van der Waals surface area (Å²) in [6.45, 7) is 17.3. The average molecular weight is 547 g/mol. The summed E-state index contributed by atoms with van der Waals surface area (Å²) in [5.74, 6) is -1.37. The van der Waals surface area contributed by atoms with Gasteiger partial charge in [-0.1, -0.05) is 44.9 Å². The standard InChI is InChI=1S/C30H50N4O5/c1-10-12-13-19-32-26(36)25(24-20(3)15-14-16-21(24)4)34(30(8,9)11-2)27(37)22(17-18-23(31)35)33-28(38)39-29(5,6)7/h14-16,22,25H,10-13,17-19H2,1-9H3,(H2,31,35)(H,32,36)(H,33,38). The number of carbonyl (C=O) groups excluding carboxylic acids is 4. The van der Waals surface area contributed by atoms with E-state index in [1.807, 2.05) is 52.8 Å². The number of amides is 4. The van der Waals surface area contributed by atoms with Gasteiger partial charge in [0.15, 0.2) is 0 Å². The van der Waals surface area contributed by atoms with E-state index in [2.05, 4.69) is 17.6 Å². The first kappa shape index (κ1) is 33.9. The third kappa shape index (κ3) is 10.5. The molecular weight excluding hydrogens is 496 g/mol. The maximum absolute atomic E-state index is 14.4. The molecule has 0 bridgehead atoms. The SMILES string of the molecule is CCCCCNC(=O)C(c1c(C)cccc1C)N(C(=O)C(CCC(N)=O)NC(=O)OC(C)(C)C)C(C)(C)CC. The van der Waals surface area contributed by atoms with E-state index < -0.39 is 41.1 Å². The molecule has 1 rings (SSSR count). The van der Waals surface area contributed by atoms with Crippen LogP contribution >= 0.6 is 0 Å². The lowest BCUT2D eigenvalue weighted by Crippen LogP contribution is -2.59. The van der Waals surface area contributed by atoms with Crippen molar-refractivity contribution in [3.8, 4) is 0 Å². The Labute approximate surface area is 234 Å². The second kappa shape index (κ2) is 14.9. The molecule has 0 spiro atoms. The number of nitrogens with zero attached hydrogens (tertiary/aromatic N) is 1. The lowest BCUT2D eigenvalue weighted by atomic mass is 9.88. The predicted octanol–water partition coefficient (Wildman–Crippen LogP) is 4.83. The summed E-state index contributed by atoms with van der Waals surface area (Å²) >= 11 is 0. The Bertz CT molecular complexity index is 979. The van der Waals surface area contributed by atoms with E-state index in [4.69, 9.17) is 10.5 Å². The van der Waals surface area contributed by atoms with Crippen molar-refractivity contribution in [2.24, 2.45) is 5.73 Å². The molecule has 4 N–H and O–H groups in total. The largest absolute Gasteiger partial charge is 0.444 e. The number of alkyl carbamates (subject to hydrolysis) is 1. The van der Waals surface area contributed by atoms with Gasteiger partial charge in [0.1, 0.15) is 17.7 Å². The summed E-state index contributed by atoms with van der Waals surface area (Å²) < 4.78 is 5.41. The van der Waals surface area contributed by atoms with E-state index in [1.165, 1.54) is 0 Å². The monoisotopic (exact) mass is 546 g/mol. The lowest BCUT2D eigenvalue weighted by Gasteiger charge is -2.45. The van der Waals surface area contributed by atoms with Crippen LogP contribution in [0.1, 0.15) is 110 Å². The van der Waals surface area contributed by atoms with E-state index >= 15 is 0 Å². The summed E-state index contributed by atoms with van der Waals surface area (Å²) in [6, 6.07) is 3.68. The van der Waals surface area contributed by atoms with Gasteiger partial charge in [0.05, 0.1) is 0 Å². The highest BCUT2D eigenvalue weighted by atomic mass is 16.6. The molecule has 2 atom stereocenters. The van der Waals surface area contributed by atoms with Gasteiger partial charge >= 0.3 is 6.09 Å². The molecule has 1 aromatic rings. The molecule has 39 heavy (non-hydrogen) atoms. The van der Waals surface area contributed by atoms with Crippen LogP contribution in [-0.2, 0) is 19.1 Å². The maximum Gasteiger partial charge on any atom is 0.408 e. The van der Waals surface area contributed by atoms with Crippen LogP contribution in [0.2, 0.25) is 0 Å². The second-order valence-corrected chi connectivity index (χ2v) is 11.8. The van der Waals surface area contributed by atoms with E-state index in [-0.39, 0.29) is 18.7 Å². The number of primary amides is 1. The minimum absolute atomic E-state index is 0.0265. The van der Waals surface area contributed by atoms with Crippen molar-refractivity contribution >= 4 is 23.8 Å². The maximum atomic E-state index is 14.4. The van der Waals surface area contributed by atoms with Crippen LogP contribution < -0.4 is 16.4 Å². The highest BCUT2D eigenvalue weighted by molar-refractivity contribution is 5.93. The minimum atomic E-state index is -1.13. The number of ether oxygens (including phenoxy) is 1. The molecule has 0 aliphatic rings. The Hall–Kier alpha value is -3.10. The summed E-state index contributed by atoms with van der Waals surface area (Å²) in [5, 5.41) is 5.69. The summed E-state index contributed by atoms with van der Waals surface area (Å²) in [5.41, 5.74) is 6.34. The van der Waals surface area contributed by atoms with Gasteiger partial charge in [-0.15, -0.1) is 0 Å². The number of nitrogens with one attached hydrogen (secondary N) is 2. The quantitative estimate of drug-likeness (QED) is 0.288. The molecule has 0 saturated carbocycles. The number of aryl methyl sites for hydroxylation is 2. The molecule has 9 nitrogen and oxygen atoms in total. The average Bonchev–Trinajstić information content (AvgIpc) is 2.81. The molecule has 0 heterocycles. The van der Waals surface area contributed by atoms with Gasteiger partial charge in [-0.25, -0.2) is 4.79 Å². The van der Waals surface area contributed by atoms with E-state index in [0.29, 0.717) is 13.0 Å². The number of nitrogens with two attached hydrogens (primary N) is 1. The zero-order chi connectivity index (χ0) is 30.0. The molecule has 0 saturated heterocycles. The molecule has 1 aromatic carbocycles. The van der Waals surface area contributed by atoms with Crippen LogP contribution in [0.25, 0.3) is 0 Å². The Morgan fingerprint density at radius 3 is 2.08 bits per heavy atom. The molecule has 0 aliphatic carbocycles. The lowest BCUT2D eigenvalue weighted by molar-refractivity contribution is -0.149. The Kier molecular flexibility index (Phi) is 13.0. The zero-order valence-electron chi connectivity index (χ0n) is 25.4. The van der Waals surface area contributed by atoms with Gasteiger partial charge in [0.2, 0.25) is 17.7 Å². The number of hydrogen-bond donors (Lipinski definition) is 3. The number of unbranched alkanes of at least 4 members (excludes halogenated alkanes) is 2. The molecule has 0 aliphatic heterocycles. The third-order valence-electron chi connectivity index (χ3n) is 6.82. The molecule has 4 amide bonds. The van der Waals surface area contributed by atoms with Crippen molar-refractivity contribution in [3.63, 3.8) is 0 Å². The van der Waals surface area contributed by atoms with Crippen LogP contribution in [0.3, 0.4) is 0 Å². The molecule has 220 valence electrons. The minimum Gasteiger partial charge on any atom is -0.444 e. The van der Waals surface area contributed by atoms with Gasteiger partial charge in [-0.2, -0.15) is 0 Å². The Morgan fingerprint density at radius 1 is 1.00 bits per heavy atom. The fourth-order valence-electron chi connectivity index (χ4n) is 4.43. The van der Waals surface area contributed by atoms with Gasteiger partial charge in [0.25, 0.3) is 0 Å². The highest BCUT2D eigenvalue weighted by Crippen LogP contribution is 2.35. The van der Waals surface area contributed by atoms with Crippen molar-refractivity contribution in [3.05, 3.63) is 34.9 Å². The molecule has 9 heteroatoms. The first-order valence-electron chi connectivity index (χ1n) is 14.0. The van der Waals surface area contributed by atoms with Crippen molar-refractivity contribution in [2.75, 3.05) is 6.54 Å². The first-order valence-corrected chi connectivity index (χ1v) is 14.0. The van der Waals surface area contributed by atoms with E-state index in [1.54, 1.807) is 25.7 Å².